The topological polar surface area (TPSA) is 208 Å². The molecule has 2 aliphatic rings. The van der Waals surface area contributed by atoms with Crippen molar-refractivity contribution < 1.29 is 33.3 Å². The van der Waals surface area contributed by atoms with Gasteiger partial charge in [-0.1, -0.05) is 18.9 Å². The van der Waals surface area contributed by atoms with Crippen molar-refractivity contribution >= 4 is 62.3 Å². The fourth-order valence-electron chi connectivity index (χ4n) is 8.73. The Morgan fingerprint density at radius 1 is 0.761 bits per heavy atom. The minimum Gasteiger partial charge on any atom is -0.383 e. The Kier molecular flexibility index (Phi) is 20.4. The first-order chi connectivity index (χ1) is 34.5. The molecule has 1 saturated heterocycles. The summed E-state index contributed by atoms with van der Waals surface area (Å²) in [5.74, 6) is 0.626. The van der Waals surface area contributed by atoms with E-state index in [1.807, 2.05) is 25.3 Å². The molecule has 0 radical (unpaired) electrons. The molecule has 1 aliphatic heterocycles. The summed E-state index contributed by atoms with van der Waals surface area (Å²) in [5, 5.41) is 14.6. The van der Waals surface area contributed by atoms with Gasteiger partial charge in [0.05, 0.1) is 95.8 Å². The Bertz CT molecular complexity index is 2540. The van der Waals surface area contributed by atoms with Crippen molar-refractivity contribution in [2.75, 3.05) is 133 Å². The Morgan fingerprint density at radius 3 is 2.03 bits per heavy atom. The lowest BCUT2D eigenvalue weighted by molar-refractivity contribution is -0.122. The summed E-state index contributed by atoms with van der Waals surface area (Å²) in [5.41, 5.74) is 6.67. The number of rotatable bonds is 29. The van der Waals surface area contributed by atoms with Gasteiger partial charge in [-0.2, -0.15) is 4.98 Å². The molecule has 0 bridgehead atoms. The summed E-state index contributed by atoms with van der Waals surface area (Å²) in [6.45, 7) is 19.5. The molecule has 20 heteroatoms. The standard InChI is InChI=1S/C51H71N11O8S/c1-35-30-41(11-10-40(35)31-56-51-57-37(3)39(5)71-51)52-14-20-66-22-24-68-26-28-70-29-27-69-25-23-67-21-15-53-46(64)34-60-16-18-61(19-17-60)43-12-13-45(54-32-43)58-50-55-33-44-36(2)47(38(4)63)49(65)62(48(44)59-50)42-8-6-7-9-42/h10-13,30,32-33,42,52H,6-9,14-29,31,34H2,1-5H3,(H,53,64)(H,56,57)(H,54,55,58,59). The largest absolute Gasteiger partial charge is 0.383 e. The summed E-state index contributed by atoms with van der Waals surface area (Å²) >= 11 is 1.69. The van der Waals surface area contributed by atoms with Crippen LogP contribution in [0.1, 0.15) is 76.3 Å². The molecule has 7 rings (SSSR count). The average Bonchev–Trinajstić information content (AvgIpc) is 4.01. The molecule has 71 heavy (non-hydrogen) atoms. The van der Waals surface area contributed by atoms with Gasteiger partial charge in [0.15, 0.2) is 10.9 Å². The number of hydrogen-bond donors (Lipinski definition) is 4. The molecule has 1 amide bonds. The number of ether oxygens (including phenoxy) is 5. The number of carbonyl (C=O) groups excluding carboxylic acids is 2. The summed E-state index contributed by atoms with van der Waals surface area (Å²) in [7, 11) is 0. The fourth-order valence-corrected chi connectivity index (χ4v) is 9.54. The van der Waals surface area contributed by atoms with E-state index in [1.165, 1.54) is 22.9 Å². The number of amides is 1. The van der Waals surface area contributed by atoms with Gasteiger partial charge in [0.1, 0.15) is 11.5 Å². The molecule has 5 heterocycles. The van der Waals surface area contributed by atoms with Gasteiger partial charge in [-0.3, -0.25) is 23.9 Å². The monoisotopic (exact) mass is 998 g/mol. The average molecular weight is 998 g/mol. The number of hydrogen-bond acceptors (Lipinski definition) is 18. The van der Waals surface area contributed by atoms with E-state index in [0.29, 0.717) is 114 Å². The Balaban J connectivity index is 0.658. The molecular weight excluding hydrogens is 927 g/mol. The van der Waals surface area contributed by atoms with Crippen LogP contribution in [0.3, 0.4) is 0 Å². The number of fused-ring (bicyclic) bond motifs is 1. The van der Waals surface area contributed by atoms with Gasteiger partial charge in [-0.15, -0.1) is 11.3 Å². The fraction of sp³-hybridized carbons (Fsp3) is 0.549. The van der Waals surface area contributed by atoms with Crippen LogP contribution in [-0.4, -0.2) is 153 Å². The first kappa shape index (κ1) is 53.2. The minimum atomic E-state index is -0.280. The number of aromatic nitrogens is 5. The molecular formula is C51H71N11O8S. The van der Waals surface area contributed by atoms with Crippen LogP contribution in [0.4, 0.5) is 28.3 Å². The van der Waals surface area contributed by atoms with E-state index in [-0.39, 0.29) is 28.9 Å². The van der Waals surface area contributed by atoms with E-state index in [9.17, 15) is 14.4 Å². The number of aryl methyl sites for hydroxylation is 4. The predicted molar refractivity (Wildman–Crippen MR) is 278 cm³/mol. The van der Waals surface area contributed by atoms with Crippen molar-refractivity contribution in [3.8, 4) is 0 Å². The van der Waals surface area contributed by atoms with Crippen LogP contribution in [0.5, 0.6) is 0 Å². The van der Waals surface area contributed by atoms with Gasteiger partial charge in [0, 0.05) is 74.0 Å². The highest BCUT2D eigenvalue weighted by atomic mass is 32.1. The van der Waals surface area contributed by atoms with Gasteiger partial charge < -0.3 is 49.9 Å². The highest BCUT2D eigenvalue weighted by Crippen LogP contribution is 2.32. The van der Waals surface area contributed by atoms with Crippen LogP contribution in [-0.2, 0) is 35.0 Å². The Labute approximate surface area is 420 Å². The zero-order valence-electron chi connectivity index (χ0n) is 42.0. The van der Waals surface area contributed by atoms with Crippen LogP contribution < -0.4 is 31.7 Å². The number of piperazine rings is 1. The van der Waals surface area contributed by atoms with Crippen molar-refractivity contribution in [1.82, 2.24) is 34.7 Å². The molecule has 4 N–H and O–H groups in total. The molecule has 0 atom stereocenters. The molecule has 0 unspecified atom stereocenters. The summed E-state index contributed by atoms with van der Waals surface area (Å²) in [6, 6.07) is 10.3. The van der Waals surface area contributed by atoms with Crippen LogP contribution in [0.15, 0.2) is 47.5 Å². The van der Waals surface area contributed by atoms with E-state index in [2.05, 4.69) is 78.1 Å². The number of pyridine rings is 2. The second kappa shape index (κ2) is 27.3. The second-order valence-corrected chi connectivity index (χ2v) is 19.1. The van der Waals surface area contributed by atoms with Crippen LogP contribution in [0.25, 0.3) is 11.0 Å². The van der Waals surface area contributed by atoms with E-state index < -0.39 is 0 Å². The lowest BCUT2D eigenvalue weighted by atomic mass is 10.0. The van der Waals surface area contributed by atoms with Gasteiger partial charge in [-0.05, 0) is 88.4 Å². The smallest absolute Gasteiger partial charge is 0.263 e. The van der Waals surface area contributed by atoms with Crippen LogP contribution in [0.2, 0.25) is 0 Å². The number of anilines is 5. The number of Topliss-reactive ketones (excluding diaryl/α,β-unsaturated/α-hetero) is 1. The van der Waals surface area contributed by atoms with E-state index >= 15 is 0 Å². The number of nitrogens with one attached hydrogen (secondary N) is 4. The van der Waals surface area contributed by atoms with Gasteiger partial charge in [-0.25, -0.2) is 15.0 Å². The van der Waals surface area contributed by atoms with E-state index in [4.69, 9.17) is 28.7 Å². The van der Waals surface area contributed by atoms with Gasteiger partial charge >= 0.3 is 0 Å². The highest BCUT2D eigenvalue weighted by molar-refractivity contribution is 7.15. The maximum absolute atomic E-state index is 13.6. The number of carbonyl (C=O) groups is 2. The van der Waals surface area contributed by atoms with E-state index in [0.717, 1.165) is 80.6 Å². The number of ketones is 1. The van der Waals surface area contributed by atoms with Crippen molar-refractivity contribution in [3.63, 3.8) is 0 Å². The Morgan fingerprint density at radius 2 is 1.42 bits per heavy atom. The number of benzene rings is 1. The quantitative estimate of drug-likeness (QED) is 0.0321. The molecule has 19 nitrogen and oxygen atoms in total. The van der Waals surface area contributed by atoms with Gasteiger partial charge in [0.25, 0.3) is 5.56 Å². The third-order valence-electron chi connectivity index (χ3n) is 12.8. The maximum atomic E-state index is 13.6. The van der Waals surface area contributed by atoms with Crippen LogP contribution >= 0.6 is 11.3 Å². The molecule has 1 aliphatic carbocycles. The lowest BCUT2D eigenvalue weighted by Crippen LogP contribution is -2.49. The third-order valence-corrected chi connectivity index (χ3v) is 13.8. The SMILES string of the molecule is CC(=O)c1c(C)c2cnc(Nc3ccc(N4CCN(CC(=O)NCCOCCOCCOCCOCCOCCNc5ccc(CNc6nc(C)c(C)s6)c(C)c5)CC4)cn3)nc2n(C2CCCC2)c1=O. The molecule has 4 aromatic heterocycles. The highest BCUT2D eigenvalue weighted by Gasteiger charge is 2.26. The first-order valence-electron chi connectivity index (χ1n) is 24.8. The summed E-state index contributed by atoms with van der Waals surface area (Å²) in [6.07, 6.45) is 7.32. The van der Waals surface area contributed by atoms with Crippen molar-refractivity contribution in [2.24, 2.45) is 0 Å². The lowest BCUT2D eigenvalue weighted by Gasteiger charge is -2.35. The molecule has 2 fully saturated rings. The molecule has 1 saturated carbocycles. The van der Waals surface area contributed by atoms with Crippen molar-refractivity contribution in [1.29, 1.82) is 0 Å². The molecule has 5 aromatic rings. The van der Waals surface area contributed by atoms with E-state index in [1.54, 1.807) is 29.0 Å². The predicted octanol–water partition coefficient (Wildman–Crippen LogP) is 5.98. The zero-order valence-corrected chi connectivity index (χ0v) is 42.8. The molecule has 384 valence electrons. The maximum Gasteiger partial charge on any atom is 0.263 e. The second-order valence-electron chi connectivity index (χ2n) is 17.9. The van der Waals surface area contributed by atoms with Crippen LogP contribution in [0, 0.1) is 27.7 Å². The van der Waals surface area contributed by atoms with Gasteiger partial charge in [0.2, 0.25) is 11.9 Å². The van der Waals surface area contributed by atoms with Crippen molar-refractivity contribution in [3.05, 3.63) is 85.9 Å². The summed E-state index contributed by atoms with van der Waals surface area (Å²) < 4.78 is 29.8. The minimum absolute atomic E-state index is 0.00301. The molecule has 0 spiro atoms. The summed E-state index contributed by atoms with van der Waals surface area (Å²) in [4.78, 5) is 62.8. The third kappa shape index (κ3) is 15.7. The number of nitrogens with zero attached hydrogens (tertiary/aromatic N) is 7. The zero-order chi connectivity index (χ0) is 50.0. The Hall–Kier alpha value is -5.61. The van der Waals surface area contributed by atoms with Crippen molar-refractivity contribution in [2.45, 2.75) is 72.9 Å². The first-order valence-corrected chi connectivity index (χ1v) is 25.7. The number of thiazole rings is 1. The normalized spacial score (nSPS) is 14.4. The molecule has 1 aromatic carbocycles.